The van der Waals surface area contributed by atoms with Gasteiger partial charge >= 0.3 is 0 Å². The first kappa shape index (κ1) is 18.5. The van der Waals surface area contributed by atoms with Gasteiger partial charge in [-0.25, -0.2) is 0 Å². The molecule has 29 heavy (non-hydrogen) atoms. The first-order valence-corrected chi connectivity index (χ1v) is 10.5. The number of carbonyl (C=O) groups is 1. The van der Waals surface area contributed by atoms with Gasteiger partial charge in [0, 0.05) is 43.2 Å². The number of fused-ring (bicyclic) bond motifs is 2. The fourth-order valence-corrected chi connectivity index (χ4v) is 5.45. The predicted octanol–water partition coefficient (Wildman–Crippen LogP) is 0.732. The average molecular weight is 399 g/mol. The van der Waals surface area contributed by atoms with E-state index in [1.165, 1.54) is 0 Å². The number of para-hydroxylation sites is 1. The van der Waals surface area contributed by atoms with Crippen LogP contribution in [-0.4, -0.2) is 74.7 Å². The van der Waals surface area contributed by atoms with Gasteiger partial charge in [-0.05, 0) is 25.3 Å². The van der Waals surface area contributed by atoms with Gasteiger partial charge in [-0.3, -0.25) is 10.2 Å². The van der Waals surface area contributed by atoms with E-state index in [4.69, 9.17) is 9.47 Å². The van der Waals surface area contributed by atoms with Crippen LogP contribution in [0.25, 0.3) is 0 Å². The number of piperidine rings is 1. The van der Waals surface area contributed by atoms with E-state index >= 15 is 0 Å². The topological polar surface area (TPSA) is 78.4 Å². The monoisotopic (exact) mass is 399 g/mol. The highest BCUT2D eigenvalue weighted by Gasteiger charge is 2.52. The smallest absolute Gasteiger partial charge is 0.227 e. The molecular weight excluding hydrogens is 370 g/mol. The van der Waals surface area contributed by atoms with Gasteiger partial charge in [0.15, 0.2) is 11.5 Å². The summed E-state index contributed by atoms with van der Waals surface area (Å²) < 4.78 is 11.5. The Morgan fingerprint density at radius 2 is 2.21 bits per heavy atom. The maximum Gasteiger partial charge on any atom is 0.227 e. The summed E-state index contributed by atoms with van der Waals surface area (Å²) in [6, 6.07) is 6.50. The summed E-state index contributed by atoms with van der Waals surface area (Å²) in [6.07, 6.45) is 4.70. The lowest BCUT2D eigenvalue weighted by Crippen LogP contribution is -2.52. The largest absolute Gasteiger partial charge is 0.493 e. The summed E-state index contributed by atoms with van der Waals surface area (Å²) in [7, 11) is 1.67. The lowest BCUT2D eigenvalue weighted by molar-refractivity contribution is -0.138. The van der Waals surface area contributed by atoms with Crippen molar-refractivity contribution in [2.45, 2.75) is 30.7 Å². The van der Waals surface area contributed by atoms with E-state index in [-0.39, 0.29) is 17.2 Å². The molecule has 0 radical (unpaired) electrons. The summed E-state index contributed by atoms with van der Waals surface area (Å²) >= 11 is 0. The highest BCUT2D eigenvalue weighted by atomic mass is 16.5. The Bertz CT molecular complexity index is 808. The Kier molecular flexibility index (Phi) is 4.73. The maximum atomic E-state index is 13.6. The number of ether oxygens (including phenoxy) is 2. The Hall–Kier alpha value is -2.48. The van der Waals surface area contributed by atoms with Crippen LogP contribution in [-0.2, 0) is 10.2 Å². The molecule has 4 aliphatic rings. The minimum atomic E-state index is -0.221. The van der Waals surface area contributed by atoms with Crippen LogP contribution < -0.4 is 20.2 Å². The molecule has 0 unspecified atom stereocenters. The second-order valence-corrected chi connectivity index (χ2v) is 8.41. The Morgan fingerprint density at radius 1 is 1.34 bits per heavy atom. The number of hydrogen-bond acceptors (Lipinski definition) is 7. The van der Waals surface area contributed by atoms with Crippen molar-refractivity contribution in [2.75, 3.05) is 46.6 Å². The lowest BCUT2D eigenvalue weighted by Gasteiger charge is -2.42. The molecule has 8 heteroatoms. The molecule has 156 valence electrons. The Balaban J connectivity index is 1.35. The highest BCUT2D eigenvalue weighted by Crippen LogP contribution is 2.49. The molecule has 1 aromatic carbocycles. The van der Waals surface area contributed by atoms with Gasteiger partial charge in [0.1, 0.15) is 13.0 Å². The number of hydrogen-bond donors (Lipinski definition) is 2. The molecule has 2 fully saturated rings. The summed E-state index contributed by atoms with van der Waals surface area (Å²) in [5.74, 6) is 1.77. The first-order chi connectivity index (χ1) is 14.2. The fraction of sp³-hybridized carbons (Fsp3) is 0.619. The lowest BCUT2D eigenvalue weighted by atomic mass is 9.68. The summed E-state index contributed by atoms with van der Waals surface area (Å²) in [5.41, 5.74) is 3.88. The van der Waals surface area contributed by atoms with E-state index < -0.39 is 0 Å². The molecule has 4 heterocycles. The van der Waals surface area contributed by atoms with Crippen molar-refractivity contribution < 1.29 is 14.3 Å². The van der Waals surface area contributed by atoms with Crippen molar-refractivity contribution in [2.24, 2.45) is 11.0 Å². The zero-order valence-corrected chi connectivity index (χ0v) is 16.9. The Morgan fingerprint density at radius 3 is 2.97 bits per heavy atom. The molecule has 0 saturated carbocycles. The molecule has 0 bridgehead atoms. The highest BCUT2D eigenvalue weighted by molar-refractivity contribution is 5.82. The number of nitrogens with one attached hydrogen (secondary N) is 2. The van der Waals surface area contributed by atoms with Crippen LogP contribution in [0.15, 0.2) is 23.3 Å². The van der Waals surface area contributed by atoms with E-state index in [1.807, 2.05) is 18.5 Å². The standard InChI is InChI=1S/C21H29N5O3/c1-28-18-4-2-3-16-19(18)29-10-7-21(16)12-22-11-17(21)20(27)25-8-5-15(6-9-25)26-13-23-24-14-26/h2-4,13,15,17,22,24H,5-12,14H2,1H3/t17-,21-/m0/s1. The van der Waals surface area contributed by atoms with Crippen LogP contribution in [0.1, 0.15) is 24.8 Å². The molecule has 1 aromatic rings. The van der Waals surface area contributed by atoms with Crippen LogP contribution >= 0.6 is 0 Å². The van der Waals surface area contributed by atoms with Crippen molar-refractivity contribution in [1.29, 1.82) is 0 Å². The minimum absolute atomic E-state index is 0.0659. The molecular formula is C21H29N5O3. The molecule has 2 atom stereocenters. The van der Waals surface area contributed by atoms with E-state index in [2.05, 4.69) is 31.7 Å². The van der Waals surface area contributed by atoms with Crippen LogP contribution in [0.5, 0.6) is 11.5 Å². The molecule has 0 aromatic heterocycles. The van der Waals surface area contributed by atoms with Crippen LogP contribution in [0.2, 0.25) is 0 Å². The van der Waals surface area contributed by atoms with E-state index in [1.54, 1.807) is 7.11 Å². The van der Waals surface area contributed by atoms with Gasteiger partial charge in [-0.15, -0.1) is 0 Å². The molecule has 2 N–H and O–H groups in total. The van der Waals surface area contributed by atoms with Crippen molar-refractivity contribution in [3.63, 3.8) is 0 Å². The van der Waals surface area contributed by atoms with E-state index in [0.717, 1.165) is 69.2 Å². The summed E-state index contributed by atoms with van der Waals surface area (Å²) in [6.45, 7) is 4.52. The van der Waals surface area contributed by atoms with Gasteiger partial charge in [-0.1, -0.05) is 12.1 Å². The van der Waals surface area contributed by atoms with E-state index in [9.17, 15) is 4.79 Å². The molecule has 1 spiro atoms. The van der Waals surface area contributed by atoms with E-state index in [0.29, 0.717) is 12.6 Å². The van der Waals surface area contributed by atoms with Crippen molar-refractivity contribution in [1.82, 2.24) is 20.5 Å². The minimum Gasteiger partial charge on any atom is -0.493 e. The van der Waals surface area contributed by atoms with Gasteiger partial charge in [0.05, 0.1) is 19.6 Å². The summed E-state index contributed by atoms with van der Waals surface area (Å²) in [5, 5.41) is 7.60. The quantitative estimate of drug-likeness (QED) is 0.780. The number of amides is 1. The number of likely N-dealkylation sites (tertiary alicyclic amines) is 1. The number of nitrogens with zero attached hydrogens (tertiary/aromatic N) is 3. The van der Waals surface area contributed by atoms with Crippen molar-refractivity contribution in [3.05, 3.63) is 23.8 Å². The maximum absolute atomic E-state index is 13.6. The predicted molar refractivity (Wildman–Crippen MR) is 109 cm³/mol. The number of hydrazone groups is 1. The molecule has 1 amide bonds. The fourth-order valence-electron chi connectivity index (χ4n) is 5.45. The molecule has 0 aliphatic carbocycles. The third kappa shape index (κ3) is 3.01. The molecule has 2 saturated heterocycles. The third-order valence-electron chi connectivity index (χ3n) is 7.08. The SMILES string of the molecule is COc1cccc2c1OCC[C@]21CNC[C@H]1C(=O)N1CCC(N2C=NNC2)CC1. The average Bonchev–Trinajstić information content (AvgIpc) is 3.44. The third-order valence-corrected chi connectivity index (χ3v) is 7.08. The normalized spacial score (nSPS) is 28.9. The van der Waals surface area contributed by atoms with Gasteiger partial charge < -0.3 is 24.6 Å². The van der Waals surface area contributed by atoms with Crippen LogP contribution in [0.3, 0.4) is 0 Å². The number of carbonyl (C=O) groups excluding carboxylic acids is 1. The molecule has 8 nitrogen and oxygen atoms in total. The van der Waals surface area contributed by atoms with Crippen LogP contribution in [0, 0.1) is 5.92 Å². The molecule has 4 aliphatic heterocycles. The van der Waals surface area contributed by atoms with Gasteiger partial charge in [-0.2, -0.15) is 5.10 Å². The number of methoxy groups -OCH3 is 1. The summed E-state index contributed by atoms with van der Waals surface area (Å²) in [4.78, 5) is 17.9. The Labute approximate surface area is 171 Å². The number of benzene rings is 1. The zero-order valence-electron chi connectivity index (χ0n) is 16.9. The van der Waals surface area contributed by atoms with Crippen LogP contribution in [0.4, 0.5) is 0 Å². The zero-order chi connectivity index (χ0) is 19.8. The van der Waals surface area contributed by atoms with Gasteiger partial charge in [0.2, 0.25) is 5.91 Å². The first-order valence-electron chi connectivity index (χ1n) is 10.5. The molecule has 5 rings (SSSR count). The van der Waals surface area contributed by atoms with Gasteiger partial charge in [0.25, 0.3) is 0 Å². The second kappa shape index (κ2) is 7.40. The number of rotatable bonds is 3. The second-order valence-electron chi connectivity index (χ2n) is 8.41. The van der Waals surface area contributed by atoms with Crippen molar-refractivity contribution in [3.8, 4) is 11.5 Å². The van der Waals surface area contributed by atoms with Crippen molar-refractivity contribution >= 4 is 12.2 Å².